The topological polar surface area (TPSA) is 86.9 Å². The first-order chi connectivity index (χ1) is 19.0. The molecule has 7 nitrogen and oxygen atoms in total. The lowest BCUT2D eigenvalue weighted by molar-refractivity contribution is -0.117. The van der Waals surface area contributed by atoms with Crippen LogP contribution in [-0.4, -0.2) is 31.1 Å². The van der Waals surface area contributed by atoms with Crippen LogP contribution in [0.15, 0.2) is 106 Å². The zero-order valence-corrected chi connectivity index (χ0v) is 22.5. The Hall–Kier alpha value is -4.62. The predicted octanol–water partition coefficient (Wildman–Crippen LogP) is 6.37. The van der Waals surface area contributed by atoms with Gasteiger partial charge in [0.25, 0.3) is 11.8 Å². The molecular weight excluding hydrogens is 512 g/mol. The van der Waals surface area contributed by atoms with Crippen molar-refractivity contribution in [1.29, 1.82) is 0 Å². The number of carbonyl (C=O) groups excluding carboxylic acids is 2. The van der Waals surface area contributed by atoms with Crippen LogP contribution in [0.2, 0.25) is 5.02 Å². The van der Waals surface area contributed by atoms with Gasteiger partial charge in [0.05, 0.1) is 6.21 Å². The number of anilines is 1. The minimum Gasteiger partial charge on any atom is -0.455 e. The number of halogens is 1. The van der Waals surface area contributed by atoms with E-state index < -0.39 is 11.8 Å². The van der Waals surface area contributed by atoms with Crippen LogP contribution in [0.4, 0.5) is 5.69 Å². The highest BCUT2D eigenvalue weighted by molar-refractivity contribution is 6.30. The van der Waals surface area contributed by atoms with Crippen molar-refractivity contribution in [2.75, 3.05) is 18.0 Å². The average molecular weight is 541 g/mol. The lowest BCUT2D eigenvalue weighted by Crippen LogP contribution is -2.32. The second-order valence-corrected chi connectivity index (χ2v) is 8.99. The molecule has 8 heteroatoms. The van der Waals surface area contributed by atoms with Gasteiger partial charge in [-0.1, -0.05) is 54.1 Å². The molecular formula is C31H29ClN4O3. The largest absolute Gasteiger partial charge is 0.455 e. The van der Waals surface area contributed by atoms with E-state index in [-0.39, 0.29) is 5.70 Å². The summed E-state index contributed by atoms with van der Waals surface area (Å²) in [6, 6.07) is 27.3. The Bertz CT molecular complexity index is 1470. The molecule has 0 aliphatic rings. The normalized spacial score (nSPS) is 11.4. The van der Waals surface area contributed by atoms with Crippen LogP contribution >= 0.6 is 11.6 Å². The molecule has 0 saturated carbocycles. The van der Waals surface area contributed by atoms with Gasteiger partial charge < -0.3 is 14.6 Å². The molecule has 0 atom stereocenters. The number of rotatable bonds is 10. The summed E-state index contributed by atoms with van der Waals surface area (Å²) in [7, 11) is 0. The van der Waals surface area contributed by atoms with Crippen LogP contribution in [0.25, 0.3) is 17.4 Å². The van der Waals surface area contributed by atoms with E-state index in [4.69, 9.17) is 16.0 Å². The Morgan fingerprint density at radius 1 is 0.923 bits per heavy atom. The number of hydrazone groups is 1. The molecule has 0 bridgehead atoms. The van der Waals surface area contributed by atoms with Crippen LogP contribution in [0.5, 0.6) is 0 Å². The summed E-state index contributed by atoms with van der Waals surface area (Å²) < 4.78 is 5.79. The number of hydrogen-bond donors (Lipinski definition) is 2. The Balaban J connectivity index is 1.51. The number of amides is 2. The van der Waals surface area contributed by atoms with E-state index in [2.05, 4.69) is 34.6 Å². The summed E-state index contributed by atoms with van der Waals surface area (Å²) in [5, 5.41) is 7.34. The molecule has 1 heterocycles. The van der Waals surface area contributed by atoms with Crippen molar-refractivity contribution in [3.63, 3.8) is 0 Å². The molecule has 4 aromatic rings. The van der Waals surface area contributed by atoms with E-state index in [1.807, 2.05) is 42.5 Å². The van der Waals surface area contributed by atoms with Crippen LogP contribution < -0.4 is 15.6 Å². The molecule has 0 aliphatic carbocycles. The third kappa shape index (κ3) is 7.46. The van der Waals surface area contributed by atoms with Crippen molar-refractivity contribution in [2.45, 2.75) is 13.8 Å². The Labute approximate surface area is 232 Å². The molecule has 0 saturated heterocycles. The lowest BCUT2D eigenvalue weighted by Gasteiger charge is -2.20. The third-order valence-electron chi connectivity index (χ3n) is 5.96. The van der Waals surface area contributed by atoms with E-state index in [9.17, 15) is 9.59 Å². The molecule has 0 radical (unpaired) electrons. The molecule has 1 aromatic heterocycles. The van der Waals surface area contributed by atoms with Crippen molar-refractivity contribution in [3.8, 4) is 11.3 Å². The number of nitrogens with zero attached hydrogens (tertiary/aromatic N) is 2. The van der Waals surface area contributed by atoms with E-state index in [1.165, 1.54) is 6.21 Å². The molecule has 0 aliphatic heterocycles. The molecule has 0 spiro atoms. The standard InChI is InChI=1S/C31H29ClN4O3/c1-3-36(4-2)26-15-13-22(14-16-26)19-28(34-30(37)23-9-6-5-7-10-23)31(38)35-33-21-27-17-18-29(39-27)24-11-8-12-25(32)20-24/h5-21H,3-4H2,1-2H3,(H,34,37)(H,35,38)/b28-19-,33-21+. The SMILES string of the molecule is CCN(CC)c1ccc(/C=C(\NC(=O)c2ccccc2)C(=O)N/N=C/c2ccc(-c3cccc(Cl)c3)o2)cc1. The van der Waals surface area contributed by atoms with Gasteiger partial charge in [0.1, 0.15) is 17.2 Å². The molecule has 198 valence electrons. The molecule has 0 unspecified atom stereocenters. The number of carbonyl (C=O) groups is 2. The minimum absolute atomic E-state index is 0.0515. The van der Waals surface area contributed by atoms with E-state index in [0.717, 1.165) is 29.9 Å². The van der Waals surface area contributed by atoms with Crippen molar-refractivity contribution < 1.29 is 14.0 Å². The summed E-state index contributed by atoms with van der Waals surface area (Å²) in [4.78, 5) is 28.1. The summed E-state index contributed by atoms with van der Waals surface area (Å²) in [6.45, 7) is 5.97. The summed E-state index contributed by atoms with van der Waals surface area (Å²) in [5.41, 5.74) is 5.62. The van der Waals surface area contributed by atoms with Crippen LogP contribution in [0, 0.1) is 0 Å². The summed E-state index contributed by atoms with van der Waals surface area (Å²) in [5.74, 6) is 0.0770. The Morgan fingerprint density at radius 3 is 2.36 bits per heavy atom. The summed E-state index contributed by atoms with van der Waals surface area (Å²) >= 11 is 6.06. The highest BCUT2D eigenvalue weighted by Crippen LogP contribution is 2.24. The van der Waals surface area contributed by atoms with Crippen molar-refractivity contribution in [1.82, 2.24) is 10.7 Å². The first-order valence-corrected chi connectivity index (χ1v) is 13.0. The fraction of sp³-hybridized carbons (Fsp3) is 0.129. The molecule has 2 N–H and O–H groups in total. The molecule has 2 amide bonds. The number of benzene rings is 3. The third-order valence-corrected chi connectivity index (χ3v) is 6.19. The molecule has 0 fully saturated rings. The molecule has 3 aromatic carbocycles. The smallest absolute Gasteiger partial charge is 0.287 e. The van der Waals surface area contributed by atoms with Crippen molar-refractivity contribution in [3.05, 3.63) is 119 Å². The van der Waals surface area contributed by atoms with Gasteiger partial charge in [-0.2, -0.15) is 5.10 Å². The maximum absolute atomic E-state index is 13.1. The Kier molecular flexibility index (Phi) is 9.32. The first kappa shape index (κ1) is 27.4. The van der Waals surface area contributed by atoms with Gasteiger partial charge in [0, 0.05) is 34.9 Å². The first-order valence-electron chi connectivity index (χ1n) is 12.6. The van der Waals surface area contributed by atoms with Gasteiger partial charge >= 0.3 is 0 Å². The zero-order valence-electron chi connectivity index (χ0n) is 21.7. The monoisotopic (exact) mass is 540 g/mol. The van der Waals surface area contributed by atoms with Gasteiger partial charge in [-0.25, -0.2) is 5.43 Å². The van der Waals surface area contributed by atoms with Gasteiger partial charge in [0.2, 0.25) is 0 Å². The highest BCUT2D eigenvalue weighted by Gasteiger charge is 2.15. The average Bonchev–Trinajstić information content (AvgIpc) is 3.43. The maximum atomic E-state index is 13.1. The maximum Gasteiger partial charge on any atom is 0.287 e. The second kappa shape index (κ2) is 13.3. The van der Waals surface area contributed by atoms with Crippen molar-refractivity contribution >= 4 is 41.4 Å². The van der Waals surface area contributed by atoms with Crippen LogP contribution in [-0.2, 0) is 4.79 Å². The minimum atomic E-state index is -0.579. The fourth-order valence-electron chi connectivity index (χ4n) is 3.91. The van der Waals surface area contributed by atoms with E-state index in [1.54, 1.807) is 54.6 Å². The molecule has 4 rings (SSSR count). The number of hydrogen-bond acceptors (Lipinski definition) is 5. The zero-order chi connectivity index (χ0) is 27.6. The summed E-state index contributed by atoms with van der Waals surface area (Å²) in [6.07, 6.45) is 3.00. The highest BCUT2D eigenvalue weighted by atomic mass is 35.5. The van der Waals surface area contributed by atoms with Crippen LogP contribution in [0.3, 0.4) is 0 Å². The van der Waals surface area contributed by atoms with Crippen molar-refractivity contribution in [2.24, 2.45) is 5.10 Å². The van der Waals surface area contributed by atoms with E-state index >= 15 is 0 Å². The number of nitrogens with one attached hydrogen (secondary N) is 2. The van der Waals surface area contributed by atoms with Gasteiger partial charge in [0.15, 0.2) is 0 Å². The Morgan fingerprint density at radius 2 is 1.67 bits per heavy atom. The van der Waals surface area contributed by atoms with E-state index in [0.29, 0.717) is 22.1 Å². The second-order valence-electron chi connectivity index (χ2n) is 8.55. The predicted molar refractivity (Wildman–Crippen MR) is 157 cm³/mol. The number of furan rings is 1. The van der Waals surface area contributed by atoms with Gasteiger partial charge in [-0.05, 0) is 74.0 Å². The molecule has 39 heavy (non-hydrogen) atoms. The quantitative estimate of drug-likeness (QED) is 0.139. The lowest BCUT2D eigenvalue weighted by atomic mass is 10.1. The van der Waals surface area contributed by atoms with Gasteiger partial charge in [-0.15, -0.1) is 0 Å². The van der Waals surface area contributed by atoms with Crippen LogP contribution in [0.1, 0.15) is 35.5 Å². The fourth-order valence-corrected chi connectivity index (χ4v) is 4.10. The van der Waals surface area contributed by atoms with Gasteiger partial charge in [-0.3, -0.25) is 9.59 Å².